The van der Waals surface area contributed by atoms with E-state index in [4.69, 9.17) is 19.5 Å². The van der Waals surface area contributed by atoms with E-state index in [1.54, 1.807) is 0 Å². The van der Waals surface area contributed by atoms with E-state index in [-0.39, 0.29) is 12.1 Å². The van der Waals surface area contributed by atoms with Gasteiger partial charge in [-0.25, -0.2) is 4.39 Å². The molecular formula is C14H14BFO4. The summed E-state index contributed by atoms with van der Waals surface area (Å²) in [5, 5.41) is 17.8. The molecule has 0 atom stereocenters. The van der Waals surface area contributed by atoms with Gasteiger partial charge in [-0.05, 0) is 18.2 Å². The number of ether oxygens (including phenoxy) is 2. The minimum absolute atomic E-state index is 0.183. The number of benzene rings is 2. The summed E-state index contributed by atoms with van der Waals surface area (Å²) in [6.07, 6.45) is 0. The fourth-order valence-electron chi connectivity index (χ4n) is 1.64. The van der Waals surface area contributed by atoms with E-state index in [1.807, 2.05) is 30.3 Å². The summed E-state index contributed by atoms with van der Waals surface area (Å²) in [4.78, 5) is 0. The van der Waals surface area contributed by atoms with Crippen LogP contribution in [0, 0.1) is 5.82 Å². The normalized spacial score (nSPS) is 10.2. The van der Waals surface area contributed by atoms with Gasteiger partial charge in [-0.2, -0.15) is 0 Å². The Morgan fingerprint density at radius 2 is 1.55 bits per heavy atom. The molecule has 4 nitrogen and oxygen atoms in total. The molecular weight excluding hydrogens is 262 g/mol. The highest BCUT2D eigenvalue weighted by molar-refractivity contribution is 6.58. The summed E-state index contributed by atoms with van der Waals surface area (Å²) in [5.41, 5.74) is -0.183. The quantitative estimate of drug-likeness (QED) is 0.609. The molecule has 0 amide bonds. The first-order chi connectivity index (χ1) is 9.66. The lowest BCUT2D eigenvalue weighted by molar-refractivity contribution is 0.216. The van der Waals surface area contributed by atoms with Gasteiger partial charge in [-0.1, -0.05) is 24.3 Å². The molecule has 2 aromatic carbocycles. The van der Waals surface area contributed by atoms with Crippen LogP contribution in [0.1, 0.15) is 0 Å². The van der Waals surface area contributed by atoms with Crippen molar-refractivity contribution in [3.8, 4) is 11.5 Å². The first-order valence-corrected chi connectivity index (χ1v) is 6.13. The number of halogens is 1. The average Bonchev–Trinajstić information content (AvgIpc) is 2.44. The van der Waals surface area contributed by atoms with Crippen molar-refractivity contribution in [2.45, 2.75) is 0 Å². The minimum atomic E-state index is -1.83. The molecule has 6 heteroatoms. The highest BCUT2D eigenvalue weighted by Gasteiger charge is 2.16. The SMILES string of the molecule is OB(O)c1ccc(OCCOc2ccccc2)cc1F. The molecule has 2 N–H and O–H groups in total. The molecule has 0 aliphatic heterocycles. The molecule has 0 aliphatic rings. The lowest BCUT2D eigenvalue weighted by Gasteiger charge is -2.09. The molecule has 0 aliphatic carbocycles. The van der Waals surface area contributed by atoms with Crippen LogP contribution in [0.15, 0.2) is 48.5 Å². The maximum Gasteiger partial charge on any atom is 0.491 e. The van der Waals surface area contributed by atoms with Crippen molar-refractivity contribution in [1.82, 2.24) is 0 Å². The van der Waals surface area contributed by atoms with Crippen molar-refractivity contribution in [2.75, 3.05) is 13.2 Å². The summed E-state index contributed by atoms with van der Waals surface area (Å²) in [5.74, 6) is 0.325. The Labute approximate surface area is 116 Å². The molecule has 0 saturated heterocycles. The van der Waals surface area contributed by atoms with E-state index in [2.05, 4.69) is 0 Å². The molecule has 0 fully saturated rings. The lowest BCUT2D eigenvalue weighted by Crippen LogP contribution is -2.32. The first-order valence-electron chi connectivity index (χ1n) is 6.13. The summed E-state index contributed by atoms with van der Waals surface area (Å²) in [7, 11) is -1.83. The molecule has 2 rings (SSSR count). The average molecular weight is 276 g/mol. The van der Waals surface area contributed by atoms with E-state index in [0.717, 1.165) is 11.8 Å². The van der Waals surface area contributed by atoms with Crippen molar-refractivity contribution in [3.05, 3.63) is 54.3 Å². The smallest absolute Gasteiger partial charge is 0.490 e. The molecule has 0 aromatic heterocycles. The van der Waals surface area contributed by atoms with Crippen molar-refractivity contribution >= 4 is 12.6 Å². The zero-order chi connectivity index (χ0) is 14.4. The standard InChI is InChI=1S/C14H14BFO4/c16-14-10-12(6-7-13(14)15(17)18)20-9-8-19-11-4-2-1-3-5-11/h1-7,10,17-18H,8-9H2. The van der Waals surface area contributed by atoms with Crippen LogP contribution in [-0.4, -0.2) is 30.4 Å². The molecule has 0 bridgehead atoms. The van der Waals surface area contributed by atoms with Crippen LogP contribution in [-0.2, 0) is 0 Å². The maximum absolute atomic E-state index is 13.4. The van der Waals surface area contributed by atoms with Gasteiger partial charge < -0.3 is 19.5 Å². The Bertz CT molecular complexity index is 548. The van der Waals surface area contributed by atoms with Gasteiger partial charge in [-0.3, -0.25) is 0 Å². The van der Waals surface area contributed by atoms with E-state index in [0.29, 0.717) is 12.4 Å². The largest absolute Gasteiger partial charge is 0.491 e. The first kappa shape index (κ1) is 14.4. The van der Waals surface area contributed by atoms with Crippen LogP contribution < -0.4 is 14.9 Å². The monoisotopic (exact) mass is 276 g/mol. The van der Waals surface area contributed by atoms with E-state index >= 15 is 0 Å². The van der Waals surface area contributed by atoms with Crippen LogP contribution >= 0.6 is 0 Å². The van der Waals surface area contributed by atoms with Gasteiger partial charge in [0.2, 0.25) is 0 Å². The van der Waals surface area contributed by atoms with E-state index in [9.17, 15) is 4.39 Å². The summed E-state index contributed by atoms with van der Waals surface area (Å²) < 4.78 is 24.2. The minimum Gasteiger partial charge on any atom is -0.490 e. The Kier molecular flexibility index (Phi) is 4.98. The summed E-state index contributed by atoms with van der Waals surface area (Å²) >= 11 is 0. The van der Waals surface area contributed by atoms with Gasteiger partial charge in [0.1, 0.15) is 30.5 Å². The number of hydrogen-bond acceptors (Lipinski definition) is 4. The molecule has 0 radical (unpaired) electrons. The predicted octanol–water partition coefficient (Wildman–Crippen LogP) is 0.963. The van der Waals surface area contributed by atoms with Crippen LogP contribution in [0.5, 0.6) is 11.5 Å². The van der Waals surface area contributed by atoms with Gasteiger partial charge in [0, 0.05) is 11.5 Å². The van der Waals surface area contributed by atoms with Crippen LogP contribution in [0.3, 0.4) is 0 Å². The van der Waals surface area contributed by atoms with Crippen molar-refractivity contribution < 1.29 is 23.9 Å². The Balaban J connectivity index is 1.81. The topological polar surface area (TPSA) is 58.9 Å². The molecule has 2 aromatic rings. The summed E-state index contributed by atoms with van der Waals surface area (Å²) in [6, 6.07) is 13.1. The molecule has 0 unspecified atom stereocenters. The zero-order valence-corrected chi connectivity index (χ0v) is 10.7. The van der Waals surface area contributed by atoms with Crippen molar-refractivity contribution in [1.29, 1.82) is 0 Å². The van der Waals surface area contributed by atoms with Crippen molar-refractivity contribution in [3.63, 3.8) is 0 Å². The van der Waals surface area contributed by atoms with Gasteiger partial charge in [-0.15, -0.1) is 0 Å². The molecule has 0 spiro atoms. The highest BCUT2D eigenvalue weighted by atomic mass is 19.1. The fraction of sp³-hybridized carbons (Fsp3) is 0.143. The van der Waals surface area contributed by atoms with Gasteiger partial charge in [0.25, 0.3) is 0 Å². The van der Waals surface area contributed by atoms with Gasteiger partial charge in [0.15, 0.2) is 0 Å². The van der Waals surface area contributed by atoms with Gasteiger partial charge in [0.05, 0.1) is 0 Å². The predicted molar refractivity (Wildman–Crippen MR) is 73.7 cm³/mol. The van der Waals surface area contributed by atoms with Crippen LogP contribution in [0.25, 0.3) is 0 Å². The number of hydrogen-bond donors (Lipinski definition) is 2. The Morgan fingerprint density at radius 3 is 2.15 bits per heavy atom. The van der Waals surface area contributed by atoms with Crippen LogP contribution in [0.2, 0.25) is 0 Å². The van der Waals surface area contributed by atoms with E-state index < -0.39 is 12.9 Å². The second-order valence-electron chi connectivity index (χ2n) is 4.07. The van der Waals surface area contributed by atoms with E-state index in [1.165, 1.54) is 12.1 Å². The fourth-order valence-corrected chi connectivity index (χ4v) is 1.64. The van der Waals surface area contributed by atoms with Crippen LogP contribution in [0.4, 0.5) is 4.39 Å². The number of para-hydroxylation sites is 1. The second kappa shape index (κ2) is 6.93. The summed E-state index contributed by atoms with van der Waals surface area (Å²) in [6.45, 7) is 0.589. The molecule has 104 valence electrons. The third-order valence-corrected chi connectivity index (χ3v) is 2.61. The third kappa shape index (κ3) is 3.98. The molecule has 20 heavy (non-hydrogen) atoms. The molecule has 0 heterocycles. The van der Waals surface area contributed by atoms with Gasteiger partial charge >= 0.3 is 7.12 Å². The maximum atomic E-state index is 13.4. The second-order valence-corrected chi connectivity index (χ2v) is 4.07. The van der Waals surface area contributed by atoms with Crippen molar-refractivity contribution in [2.24, 2.45) is 0 Å². The Hall–Kier alpha value is -2.05. The Morgan fingerprint density at radius 1 is 0.900 bits per heavy atom. The lowest BCUT2D eigenvalue weighted by atomic mass is 9.80. The third-order valence-electron chi connectivity index (χ3n) is 2.61. The highest BCUT2D eigenvalue weighted by Crippen LogP contribution is 2.12. The zero-order valence-electron chi connectivity index (χ0n) is 10.7. The molecule has 0 saturated carbocycles. The number of rotatable bonds is 6.